The number of thioether (sulfide) groups is 1. The van der Waals surface area contributed by atoms with Crippen LogP contribution in [0.4, 0.5) is 10.5 Å². The molecule has 0 radical (unpaired) electrons. The third-order valence-electron chi connectivity index (χ3n) is 5.81. The molecule has 3 amide bonds. The van der Waals surface area contributed by atoms with Crippen LogP contribution in [0.1, 0.15) is 19.5 Å². The normalized spacial score (nSPS) is 21.2. The SMILES string of the molecule is CC1=C(C)C2C(=O)N(c3ccccc3)C(=O)N(Cc3cc(=O)n4ccccc4n3)C2S1. The number of rotatable bonds is 3. The maximum Gasteiger partial charge on any atom is 0.332 e. The molecule has 2 aliphatic heterocycles. The highest BCUT2D eigenvalue weighted by Crippen LogP contribution is 2.47. The number of amides is 3. The summed E-state index contributed by atoms with van der Waals surface area (Å²) >= 11 is 1.52. The Bertz CT molecular complexity index is 1300. The smallest absolute Gasteiger partial charge is 0.305 e. The van der Waals surface area contributed by atoms with E-state index >= 15 is 0 Å². The number of benzene rings is 1. The number of aromatic nitrogens is 2. The lowest BCUT2D eigenvalue weighted by atomic mass is 9.95. The Labute approximate surface area is 183 Å². The van der Waals surface area contributed by atoms with Gasteiger partial charge in [-0.05, 0) is 48.6 Å². The first-order chi connectivity index (χ1) is 15.0. The maximum atomic E-state index is 13.5. The van der Waals surface area contributed by atoms with Gasteiger partial charge in [-0.3, -0.25) is 14.0 Å². The van der Waals surface area contributed by atoms with Gasteiger partial charge in [0.15, 0.2) is 0 Å². The highest BCUT2D eigenvalue weighted by atomic mass is 32.2. The van der Waals surface area contributed by atoms with Gasteiger partial charge in [-0.2, -0.15) is 0 Å². The second-order valence-electron chi connectivity index (χ2n) is 7.66. The van der Waals surface area contributed by atoms with Crippen molar-refractivity contribution >= 4 is 35.0 Å². The Kier molecular flexibility index (Phi) is 4.66. The van der Waals surface area contributed by atoms with Gasteiger partial charge in [-0.15, -0.1) is 11.8 Å². The summed E-state index contributed by atoms with van der Waals surface area (Å²) in [5.41, 5.74) is 2.32. The summed E-state index contributed by atoms with van der Waals surface area (Å²) in [4.78, 5) is 48.0. The lowest BCUT2D eigenvalue weighted by Gasteiger charge is -2.41. The molecule has 2 unspecified atom stereocenters. The molecule has 0 N–H and O–H groups in total. The first-order valence-corrected chi connectivity index (χ1v) is 10.8. The van der Waals surface area contributed by atoms with Crippen molar-refractivity contribution in [2.75, 3.05) is 4.90 Å². The minimum atomic E-state index is -0.426. The third-order valence-corrected chi connectivity index (χ3v) is 7.25. The van der Waals surface area contributed by atoms with Gasteiger partial charge in [-0.25, -0.2) is 14.7 Å². The molecular weight excluding hydrogens is 412 g/mol. The van der Waals surface area contributed by atoms with Crippen molar-refractivity contribution in [3.63, 3.8) is 0 Å². The van der Waals surface area contributed by atoms with Gasteiger partial charge in [-0.1, -0.05) is 24.3 Å². The molecule has 0 spiro atoms. The number of fused-ring (bicyclic) bond motifs is 2. The third kappa shape index (κ3) is 3.14. The molecule has 1 fully saturated rings. The van der Waals surface area contributed by atoms with Crippen LogP contribution in [-0.2, 0) is 11.3 Å². The minimum Gasteiger partial charge on any atom is -0.305 e. The molecule has 8 heteroatoms. The Morgan fingerprint density at radius 2 is 1.74 bits per heavy atom. The number of anilines is 1. The van der Waals surface area contributed by atoms with Crippen LogP contribution in [0.2, 0.25) is 0 Å². The highest BCUT2D eigenvalue weighted by molar-refractivity contribution is 8.03. The van der Waals surface area contributed by atoms with E-state index in [2.05, 4.69) is 4.98 Å². The number of carbonyl (C=O) groups is 2. The van der Waals surface area contributed by atoms with Crippen LogP contribution >= 0.6 is 11.8 Å². The van der Waals surface area contributed by atoms with Gasteiger partial charge in [0.25, 0.3) is 5.56 Å². The zero-order chi connectivity index (χ0) is 21.7. The number of urea groups is 1. The monoisotopic (exact) mass is 432 g/mol. The molecule has 3 aromatic rings. The zero-order valence-corrected chi connectivity index (χ0v) is 17.9. The van der Waals surface area contributed by atoms with Gasteiger partial charge in [0.2, 0.25) is 5.91 Å². The Balaban J connectivity index is 1.58. The van der Waals surface area contributed by atoms with Crippen LogP contribution in [0.25, 0.3) is 5.65 Å². The largest absolute Gasteiger partial charge is 0.332 e. The maximum absolute atomic E-state index is 13.5. The van der Waals surface area contributed by atoms with Crippen LogP contribution < -0.4 is 10.5 Å². The van der Waals surface area contributed by atoms with Gasteiger partial charge < -0.3 is 4.90 Å². The number of nitrogens with zero attached hydrogens (tertiary/aromatic N) is 4. The predicted octanol–water partition coefficient (Wildman–Crippen LogP) is 3.65. The fourth-order valence-electron chi connectivity index (χ4n) is 4.13. The number of hydrogen-bond acceptors (Lipinski definition) is 5. The quantitative estimate of drug-likeness (QED) is 0.632. The summed E-state index contributed by atoms with van der Waals surface area (Å²) in [6.07, 6.45) is 1.66. The molecule has 2 atom stereocenters. The Morgan fingerprint density at radius 3 is 2.52 bits per heavy atom. The standard InChI is InChI=1S/C23H20N4O3S/c1-14-15(2)31-22-20(14)21(29)27(17-8-4-3-5-9-17)23(30)26(22)13-16-12-19(28)25-11-7-6-10-18(25)24-16/h3-12,20,22H,13H2,1-2H3. The Hall–Kier alpha value is -3.39. The van der Waals surface area contributed by atoms with E-state index in [0.717, 1.165) is 10.5 Å². The fourth-order valence-corrected chi connectivity index (χ4v) is 5.55. The van der Waals surface area contributed by atoms with E-state index in [4.69, 9.17) is 0 Å². The number of hydrogen-bond donors (Lipinski definition) is 0. The summed E-state index contributed by atoms with van der Waals surface area (Å²) in [6, 6.07) is 15.3. The molecule has 5 rings (SSSR count). The van der Waals surface area contributed by atoms with Crippen molar-refractivity contribution in [2.45, 2.75) is 25.8 Å². The molecule has 2 aliphatic rings. The molecule has 1 saturated heterocycles. The van der Waals surface area contributed by atoms with E-state index in [-0.39, 0.29) is 23.4 Å². The number of carbonyl (C=O) groups excluding carboxylic acids is 2. The van der Waals surface area contributed by atoms with Crippen molar-refractivity contribution in [2.24, 2.45) is 5.92 Å². The average Bonchev–Trinajstić information content (AvgIpc) is 3.06. The molecule has 1 aromatic carbocycles. The first-order valence-electron chi connectivity index (χ1n) is 9.96. The molecular formula is C23H20N4O3S. The number of pyridine rings is 1. The van der Waals surface area contributed by atoms with Crippen molar-refractivity contribution in [1.82, 2.24) is 14.3 Å². The molecule has 2 aromatic heterocycles. The van der Waals surface area contributed by atoms with E-state index < -0.39 is 11.9 Å². The summed E-state index contributed by atoms with van der Waals surface area (Å²) in [5.74, 6) is -0.643. The van der Waals surface area contributed by atoms with E-state index in [1.807, 2.05) is 26.0 Å². The van der Waals surface area contributed by atoms with Crippen LogP contribution in [0.5, 0.6) is 0 Å². The fraction of sp³-hybridized carbons (Fsp3) is 0.217. The van der Waals surface area contributed by atoms with Gasteiger partial charge in [0.1, 0.15) is 5.65 Å². The summed E-state index contributed by atoms with van der Waals surface area (Å²) in [5, 5.41) is -0.351. The molecule has 0 saturated carbocycles. The van der Waals surface area contributed by atoms with Crippen LogP contribution in [0, 0.1) is 5.92 Å². The molecule has 0 aliphatic carbocycles. The van der Waals surface area contributed by atoms with Crippen molar-refractivity contribution < 1.29 is 9.59 Å². The molecule has 4 heterocycles. The van der Waals surface area contributed by atoms with Crippen LogP contribution in [0.15, 0.2) is 76.1 Å². The molecule has 156 valence electrons. The summed E-state index contributed by atoms with van der Waals surface area (Å²) in [7, 11) is 0. The highest BCUT2D eigenvalue weighted by Gasteiger charge is 2.51. The number of allylic oxidation sites excluding steroid dienone is 1. The summed E-state index contributed by atoms with van der Waals surface area (Å²) in [6.45, 7) is 4.06. The topological polar surface area (TPSA) is 75.0 Å². The van der Waals surface area contributed by atoms with Crippen LogP contribution in [0.3, 0.4) is 0 Å². The van der Waals surface area contributed by atoms with Gasteiger partial charge >= 0.3 is 6.03 Å². The van der Waals surface area contributed by atoms with Crippen LogP contribution in [-0.4, -0.2) is 31.6 Å². The predicted molar refractivity (Wildman–Crippen MR) is 120 cm³/mol. The minimum absolute atomic E-state index is 0.144. The Morgan fingerprint density at radius 1 is 1.00 bits per heavy atom. The van der Waals surface area contributed by atoms with E-state index in [1.54, 1.807) is 47.5 Å². The summed E-state index contributed by atoms with van der Waals surface area (Å²) < 4.78 is 1.46. The second kappa shape index (κ2) is 7.39. The first kappa shape index (κ1) is 19.6. The van der Waals surface area contributed by atoms with Gasteiger partial charge in [0.05, 0.1) is 29.2 Å². The van der Waals surface area contributed by atoms with E-state index in [0.29, 0.717) is 17.0 Å². The van der Waals surface area contributed by atoms with Crippen molar-refractivity contribution in [3.8, 4) is 0 Å². The van der Waals surface area contributed by atoms with Gasteiger partial charge in [0, 0.05) is 12.3 Å². The lowest BCUT2D eigenvalue weighted by molar-refractivity contribution is -0.122. The van der Waals surface area contributed by atoms with E-state index in [1.165, 1.54) is 27.1 Å². The lowest BCUT2D eigenvalue weighted by Crippen LogP contribution is -2.60. The van der Waals surface area contributed by atoms with Crippen molar-refractivity contribution in [3.05, 3.63) is 87.3 Å². The average molecular weight is 433 g/mol. The molecule has 31 heavy (non-hydrogen) atoms. The second-order valence-corrected chi connectivity index (χ2v) is 8.99. The molecule has 7 nitrogen and oxygen atoms in total. The van der Waals surface area contributed by atoms with Crippen molar-refractivity contribution in [1.29, 1.82) is 0 Å². The number of para-hydroxylation sites is 1. The number of imide groups is 1. The van der Waals surface area contributed by atoms with E-state index in [9.17, 15) is 14.4 Å². The zero-order valence-electron chi connectivity index (χ0n) is 17.1. The molecule has 0 bridgehead atoms.